The Labute approximate surface area is 176 Å². The monoisotopic (exact) mass is 437 g/mol. The summed E-state index contributed by atoms with van der Waals surface area (Å²) in [6, 6.07) is 9.11. The van der Waals surface area contributed by atoms with Crippen LogP contribution in [0.15, 0.2) is 30.3 Å². The van der Waals surface area contributed by atoms with Gasteiger partial charge in [-0.25, -0.2) is 0 Å². The van der Waals surface area contributed by atoms with Gasteiger partial charge in [0.05, 0.1) is 4.75 Å². The van der Waals surface area contributed by atoms with Crippen molar-refractivity contribution >= 4 is 45.5 Å². The Hall–Kier alpha value is -1.70. The molecule has 1 saturated heterocycles. The van der Waals surface area contributed by atoms with Gasteiger partial charge in [0.15, 0.2) is 11.5 Å². The van der Waals surface area contributed by atoms with Gasteiger partial charge in [-0.05, 0) is 43.2 Å². The van der Waals surface area contributed by atoms with E-state index in [-0.39, 0.29) is 4.75 Å². The van der Waals surface area contributed by atoms with Gasteiger partial charge >= 0.3 is 0 Å². The third kappa shape index (κ3) is 3.40. The van der Waals surface area contributed by atoms with Crippen molar-refractivity contribution in [2.75, 3.05) is 23.7 Å². The maximum atomic E-state index is 12.6. The molecule has 1 fully saturated rings. The first-order chi connectivity index (χ1) is 13.5. The predicted octanol–water partition coefficient (Wildman–Crippen LogP) is 4.23. The van der Waals surface area contributed by atoms with Gasteiger partial charge in [-0.15, -0.1) is 15.3 Å². The highest BCUT2D eigenvalue weighted by atomic mass is 35.5. The predicted molar refractivity (Wildman–Crippen MR) is 115 cm³/mol. The van der Waals surface area contributed by atoms with Crippen molar-refractivity contribution in [3.8, 4) is 11.4 Å². The molecule has 0 spiro atoms. The lowest BCUT2D eigenvalue weighted by Crippen LogP contribution is -2.53. The minimum absolute atomic E-state index is 0.189. The molecule has 4 rings (SSSR count). The van der Waals surface area contributed by atoms with Crippen LogP contribution >= 0.6 is 23.2 Å². The maximum Gasteiger partial charge on any atom is 0.185 e. The normalized spacial score (nSPS) is 19.3. The van der Waals surface area contributed by atoms with Gasteiger partial charge in [0.1, 0.15) is 5.82 Å². The zero-order valence-corrected chi connectivity index (χ0v) is 18.1. The molecule has 3 heterocycles. The Morgan fingerprint density at radius 1 is 1.11 bits per heavy atom. The zero-order chi connectivity index (χ0) is 19.9. The molecule has 3 aromatic rings. The van der Waals surface area contributed by atoms with Gasteiger partial charge in [-0.3, -0.25) is 4.21 Å². The number of fused-ring (bicyclic) bond motifs is 1. The quantitative estimate of drug-likeness (QED) is 0.610. The fraction of sp³-hybridized carbons (Fsp3) is 0.421. The van der Waals surface area contributed by atoms with Crippen molar-refractivity contribution in [2.24, 2.45) is 0 Å². The van der Waals surface area contributed by atoms with E-state index in [0.29, 0.717) is 33.8 Å². The van der Waals surface area contributed by atoms with Gasteiger partial charge in [0.2, 0.25) is 0 Å². The average molecular weight is 438 g/mol. The van der Waals surface area contributed by atoms with Crippen LogP contribution in [0.1, 0.15) is 26.7 Å². The van der Waals surface area contributed by atoms with Crippen LogP contribution in [-0.2, 0) is 10.8 Å². The van der Waals surface area contributed by atoms with Crippen LogP contribution in [-0.4, -0.2) is 47.6 Å². The molecule has 1 aliphatic heterocycles. The number of benzene rings is 1. The van der Waals surface area contributed by atoms with Crippen LogP contribution in [0.2, 0.25) is 10.0 Å². The number of anilines is 1. The Kier molecular flexibility index (Phi) is 5.33. The van der Waals surface area contributed by atoms with Crippen molar-refractivity contribution in [1.82, 2.24) is 19.8 Å². The number of rotatable bonds is 4. The van der Waals surface area contributed by atoms with Crippen molar-refractivity contribution in [2.45, 2.75) is 31.4 Å². The molecule has 6 nitrogen and oxygen atoms in total. The van der Waals surface area contributed by atoms with E-state index in [1.54, 1.807) is 22.7 Å². The summed E-state index contributed by atoms with van der Waals surface area (Å²) in [5, 5.41) is 14.3. The number of halogens is 2. The smallest absolute Gasteiger partial charge is 0.185 e. The molecule has 28 heavy (non-hydrogen) atoms. The molecule has 0 aliphatic carbocycles. The van der Waals surface area contributed by atoms with Crippen LogP contribution in [0, 0.1) is 0 Å². The fourth-order valence-electron chi connectivity index (χ4n) is 3.71. The highest BCUT2D eigenvalue weighted by Gasteiger charge is 2.39. The Morgan fingerprint density at radius 3 is 2.50 bits per heavy atom. The molecule has 0 saturated carbocycles. The van der Waals surface area contributed by atoms with Crippen LogP contribution < -0.4 is 4.90 Å². The number of hydrogen-bond acceptors (Lipinski definition) is 5. The second-order valence-electron chi connectivity index (χ2n) is 7.00. The topological polar surface area (TPSA) is 63.4 Å². The standard InChI is InChI=1S/C19H21Cl2N5OS/c1-3-19(4-2)12-25(7-8-28(19)27)17-6-5-16-22-23-18(26(16)24-17)13-9-14(20)11-15(21)10-13/h5-6,9-11H,3-4,7-8,12H2,1-2H3. The van der Waals surface area contributed by atoms with E-state index in [1.807, 2.05) is 12.1 Å². The minimum atomic E-state index is -0.820. The summed E-state index contributed by atoms with van der Waals surface area (Å²) in [5.41, 5.74) is 1.40. The van der Waals surface area contributed by atoms with Crippen LogP contribution in [0.4, 0.5) is 5.82 Å². The van der Waals surface area contributed by atoms with Crippen LogP contribution in [0.25, 0.3) is 17.0 Å². The summed E-state index contributed by atoms with van der Waals surface area (Å²) in [6.07, 6.45) is 1.77. The van der Waals surface area contributed by atoms with Gasteiger partial charge in [-0.1, -0.05) is 37.0 Å². The molecule has 1 atom stereocenters. The molecule has 0 amide bonds. The third-order valence-corrected chi connectivity index (χ3v) is 8.15. The summed E-state index contributed by atoms with van der Waals surface area (Å²) in [5.74, 6) is 2.06. The van der Waals surface area contributed by atoms with Crippen molar-refractivity contribution in [1.29, 1.82) is 0 Å². The first-order valence-corrected chi connectivity index (χ1v) is 11.4. The maximum absolute atomic E-state index is 12.6. The summed E-state index contributed by atoms with van der Waals surface area (Å²) in [6.45, 7) is 5.67. The first kappa shape index (κ1) is 19.6. The number of hydrogen-bond donors (Lipinski definition) is 0. The van der Waals surface area contributed by atoms with E-state index in [9.17, 15) is 4.21 Å². The lowest BCUT2D eigenvalue weighted by Gasteiger charge is -2.41. The lowest BCUT2D eigenvalue weighted by molar-refractivity contribution is 0.493. The van der Waals surface area contributed by atoms with E-state index >= 15 is 0 Å². The Balaban J connectivity index is 1.75. The fourth-order valence-corrected chi connectivity index (χ4v) is 6.00. The van der Waals surface area contributed by atoms with Crippen molar-refractivity contribution in [3.63, 3.8) is 0 Å². The van der Waals surface area contributed by atoms with Gasteiger partial charge in [0, 0.05) is 45.3 Å². The van der Waals surface area contributed by atoms with E-state index in [4.69, 9.17) is 28.3 Å². The summed E-state index contributed by atoms with van der Waals surface area (Å²) in [7, 11) is -0.820. The van der Waals surface area contributed by atoms with E-state index in [1.165, 1.54) is 0 Å². The van der Waals surface area contributed by atoms with E-state index in [2.05, 4.69) is 28.9 Å². The van der Waals surface area contributed by atoms with Crippen molar-refractivity contribution < 1.29 is 4.21 Å². The highest BCUT2D eigenvalue weighted by molar-refractivity contribution is 7.86. The molecule has 1 unspecified atom stereocenters. The largest absolute Gasteiger partial charge is 0.353 e. The zero-order valence-electron chi connectivity index (χ0n) is 15.7. The molecule has 148 valence electrons. The molecule has 9 heteroatoms. The van der Waals surface area contributed by atoms with Crippen LogP contribution in [0.5, 0.6) is 0 Å². The van der Waals surface area contributed by atoms with E-state index < -0.39 is 10.8 Å². The van der Waals surface area contributed by atoms with Gasteiger partial charge in [-0.2, -0.15) is 4.52 Å². The van der Waals surface area contributed by atoms with Crippen LogP contribution in [0.3, 0.4) is 0 Å². The number of aromatic nitrogens is 4. The van der Waals surface area contributed by atoms with Crippen molar-refractivity contribution in [3.05, 3.63) is 40.4 Å². The Morgan fingerprint density at radius 2 is 1.82 bits per heavy atom. The Bertz CT molecular complexity index is 1030. The third-order valence-electron chi connectivity index (χ3n) is 5.49. The lowest BCUT2D eigenvalue weighted by atomic mass is 10.0. The average Bonchev–Trinajstić information content (AvgIpc) is 3.11. The SMILES string of the molecule is CCC1(CC)CN(c2ccc3nnc(-c4cc(Cl)cc(Cl)c4)n3n2)CCS1=O. The molecular weight excluding hydrogens is 417 g/mol. The molecule has 2 aromatic heterocycles. The molecular formula is C19H21Cl2N5OS. The second-order valence-corrected chi connectivity index (χ2v) is 9.84. The van der Waals surface area contributed by atoms with Gasteiger partial charge in [0.25, 0.3) is 0 Å². The summed E-state index contributed by atoms with van der Waals surface area (Å²) in [4.78, 5) is 2.21. The van der Waals surface area contributed by atoms with Gasteiger partial charge < -0.3 is 4.90 Å². The highest BCUT2D eigenvalue weighted by Crippen LogP contribution is 2.31. The molecule has 0 radical (unpaired) electrons. The molecule has 0 bridgehead atoms. The molecule has 0 N–H and O–H groups in total. The minimum Gasteiger partial charge on any atom is -0.353 e. The first-order valence-electron chi connectivity index (χ1n) is 9.28. The number of nitrogens with zero attached hydrogens (tertiary/aromatic N) is 5. The van der Waals surface area contributed by atoms with E-state index in [0.717, 1.165) is 30.8 Å². The molecule has 1 aliphatic rings. The summed E-state index contributed by atoms with van der Waals surface area (Å²) < 4.78 is 14.2. The molecule has 1 aromatic carbocycles. The second kappa shape index (κ2) is 7.61. The summed E-state index contributed by atoms with van der Waals surface area (Å²) >= 11 is 12.3.